The van der Waals surface area contributed by atoms with Gasteiger partial charge in [-0.2, -0.15) is 13.2 Å². The van der Waals surface area contributed by atoms with E-state index in [2.05, 4.69) is 4.98 Å². The third-order valence-electron chi connectivity index (χ3n) is 3.97. The van der Waals surface area contributed by atoms with Gasteiger partial charge in [0.1, 0.15) is 5.03 Å². The molecule has 0 fully saturated rings. The number of fused-ring (bicyclic) bond motifs is 1. The van der Waals surface area contributed by atoms with E-state index in [0.29, 0.717) is 19.6 Å². The molecule has 0 bridgehead atoms. The summed E-state index contributed by atoms with van der Waals surface area (Å²) in [6.45, 7) is 1.38. The van der Waals surface area contributed by atoms with Crippen LogP contribution >= 0.6 is 11.8 Å². The van der Waals surface area contributed by atoms with Crippen LogP contribution in [0.15, 0.2) is 47.6 Å². The Morgan fingerprint density at radius 1 is 1.16 bits per heavy atom. The normalized spacial score (nSPS) is 14.9. The van der Waals surface area contributed by atoms with Gasteiger partial charge in [-0.1, -0.05) is 18.2 Å². The second-order valence-corrected chi connectivity index (χ2v) is 6.73. The molecule has 1 aliphatic rings. The number of likely N-dealkylation sites (N-methyl/N-ethyl adjacent to an activating group) is 1. The lowest BCUT2D eigenvalue weighted by Crippen LogP contribution is -2.34. The standard InChI is InChI=1S/C17H16F3N3OS/c1-22-9-10-23(11-12-5-2-3-7-14(12)22)16(24)13-6-4-8-21-15(13)25-17(18,19)20/h2-8H,9-11H2,1H3. The van der Waals surface area contributed by atoms with Crippen LogP contribution in [0.25, 0.3) is 0 Å². The van der Waals surface area contributed by atoms with Gasteiger partial charge in [0.25, 0.3) is 5.91 Å². The van der Waals surface area contributed by atoms with Gasteiger partial charge in [0, 0.05) is 50.3 Å². The van der Waals surface area contributed by atoms with Crippen molar-refractivity contribution in [3.8, 4) is 0 Å². The van der Waals surface area contributed by atoms with Crippen LogP contribution in [0.1, 0.15) is 15.9 Å². The number of para-hydroxylation sites is 1. The summed E-state index contributed by atoms with van der Waals surface area (Å²) in [5.41, 5.74) is -2.53. The van der Waals surface area contributed by atoms with Gasteiger partial charge in [-0.3, -0.25) is 4.79 Å². The van der Waals surface area contributed by atoms with Gasteiger partial charge < -0.3 is 9.80 Å². The summed E-state index contributed by atoms with van der Waals surface area (Å²) in [6.07, 6.45) is 1.26. The number of rotatable bonds is 2. The second kappa shape index (κ2) is 6.95. The quantitative estimate of drug-likeness (QED) is 0.757. The Morgan fingerprint density at radius 2 is 1.92 bits per heavy atom. The fraction of sp³-hybridized carbons (Fsp3) is 0.294. The number of thioether (sulfide) groups is 1. The first kappa shape index (κ1) is 17.6. The van der Waals surface area contributed by atoms with Gasteiger partial charge in [-0.15, -0.1) is 0 Å². The lowest BCUT2D eigenvalue weighted by atomic mass is 10.1. The average Bonchev–Trinajstić information content (AvgIpc) is 2.73. The topological polar surface area (TPSA) is 36.4 Å². The lowest BCUT2D eigenvalue weighted by Gasteiger charge is -2.22. The van der Waals surface area contributed by atoms with E-state index >= 15 is 0 Å². The fourth-order valence-corrected chi connectivity index (χ4v) is 3.38. The number of carbonyl (C=O) groups is 1. The van der Waals surface area contributed by atoms with Crippen molar-refractivity contribution >= 4 is 23.4 Å². The number of hydrogen-bond acceptors (Lipinski definition) is 4. The summed E-state index contributed by atoms with van der Waals surface area (Å²) in [5, 5.41) is -0.314. The molecule has 132 valence electrons. The van der Waals surface area contributed by atoms with Crippen molar-refractivity contribution in [1.82, 2.24) is 9.88 Å². The number of amides is 1. The van der Waals surface area contributed by atoms with Crippen LogP contribution in [0.5, 0.6) is 0 Å². The number of benzene rings is 1. The van der Waals surface area contributed by atoms with Crippen LogP contribution in [-0.4, -0.2) is 41.4 Å². The number of alkyl halides is 3. The first-order valence-electron chi connectivity index (χ1n) is 7.64. The van der Waals surface area contributed by atoms with Crippen molar-refractivity contribution in [2.75, 3.05) is 25.0 Å². The van der Waals surface area contributed by atoms with E-state index < -0.39 is 11.4 Å². The molecular formula is C17H16F3N3OS. The summed E-state index contributed by atoms with van der Waals surface area (Å²) < 4.78 is 38.2. The summed E-state index contributed by atoms with van der Waals surface area (Å²) >= 11 is -0.358. The van der Waals surface area contributed by atoms with Crippen molar-refractivity contribution in [2.45, 2.75) is 17.1 Å². The molecule has 4 nitrogen and oxygen atoms in total. The first-order valence-corrected chi connectivity index (χ1v) is 8.46. The Kier molecular flexibility index (Phi) is 4.89. The molecule has 0 radical (unpaired) electrons. The SMILES string of the molecule is CN1CCN(C(=O)c2cccnc2SC(F)(F)F)Cc2ccccc21. The molecule has 0 N–H and O–H groups in total. The van der Waals surface area contributed by atoms with Crippen molar-refractivity contribution in [3.63, 3.8) is 0 Å². The number of nitrogens with zero attached hydrogens (tertiary/aromatic N) is 3. The molecule has 0 spiro atoms. The number of aromatic nitrogens is 1. The van der Waals surface area contributed by atoms with E-state index in [9.17, 15) is 18.0 Å². The highest BCUT2D eigenvalue weighted by Crippen LogP contribution is 2.37. The fourth-order valence-electron chi connectivity index (χ4n) is 2.78. The smallest absolute Gasteiger partial charge is 0.373 e. The van der Waals surface area contributed by atoms with Gasteiger partial charge >= 0.3 is 5.51 Å². The minimum atomic E-state index is -4.49. The summed E-state index contributed by atoms with van der Waals surface area (Å²) in [5.74, 6) is -0.440. The Bertz CT molecular complexity index is 782. The zero-order valence-corrected chi connectivity index (χ0v) is 14.3. The molecular weight excluding hydrogens is 351 g/mol. The molecule has 1 aromatic heterocycles. The van der Waals surface area contributed by atoms with Crippen LogP contribution in [0.3, 0.4) is 0 Å². The maximum Gasteiger partial charge on any atom is 0.447 e. The highest BCUT2D eigenvalue weighted by molar-refractivity contribution is 8.00. The van der Waals surface area contributed by atoms with Crippen LogP contribution in [0.4, 0.5) is 18.9 Å². The molecule has 0 aliphatic carbocycles. The van der Waals surface area contributed by atoms with Gasteiger partial charge in [-0.05, 0) is 23.8 Å². The number of carbonyl (C=O) groups excluding carboxylic acids is 1. The maximum absolute atomic E-state index is 12.9. The van der Waals surface area contributed by atoms with Crippen LogP contribution < -0.4 is 4.90 Å². The predicted octanol–water partition coefficient (Wildman–Crippen LogP) is 3.79. The van der Waals surface area contributed by atoms with Crippen LogP contribution in [0.2, 0.25) is 0 Å². The number of anilines is 1. The van der Waals surface area contributed by atoms with Gasteiger partial charge in [0.05, 0.1) is 5.56 Å². The third-order valence-corrected chi connectivity index (χ3v) is 4.72. The number of hydrogen-bond donors (Lipinski definition) is 0. The van der Waals surface area contributed by atoms with E-state index in [-0.39, 0.29) is 22.4 Å². The highest BCUT2D eigenvalue weighted by Gasteiger charge is 2.33. The van der Waals surface area contributed by atoms with Crippen LogP contribution in [0, 0.1) is 0 Å². The van der Waals surface area contributed by atoms with E-state index in [1.165, 1.54) is 18.3 Å². The highest BCUT2D eigenvalue weighted by atomic mass is 32.2. The van der Waals surface area contributed by atoms with E-state index in [4.69, 9.17) is 0 Å². The molecule has 0 saturated carbocycles. The first-order chi connectivity index (χ1) is 11.8. The van der Waals surface area contributed by atoms with Crippen molar-refractivity contribution in [1.29, 1.82) is 0 Å². The zero-order valence-electron chi connectivity index (χ0n) is 13.5. The van der Waals surface area contributed by atoms with Gasteiger partial charge in [0.15, 0.2) is 0 Å². The molecule has 1 aliphatic heterocycles. The van der Waals surface area contributed by atoms with E-state index in [0.717, 1.165) is 11.3 Å². The van der Waals surface area contributed by atoms with Crippen LogP contribution in [-0.2, 0) is 6.54 Å². The Labute approximate surface area is 147 Å². The van der Waals surface area contributed by atoms with Crippen molar-refractivity contribution in [3.05, 3.63) is 53.7 Å². The largest absolute Gasteiger partial charge is 0.447 e. The van der Waals surface area contributed by atoms with Gasteiger partial charge in [0.2, 0.25) is 0 Å². The molecule has 25 heavy (non-hydrogen) atoms. The maximum atomic E-state index is 12.9. The number of halogens is 3. The summed E-state index contributed by atoms with van der Waals surface area (Å²) in [4.78, 5) is 20.2. The molecule has 0 unspecified atom stereocenters. The molecule has 2 aromatic rings. The molecule has 1 amide bonds. The molecule has 2 heterocycles. The second-order valence-electron chi connectivity index (χ2n) is 5.68. The molecule has 8 heteroatoms. The van der Waals surface area contributed by atoms with E-state index in [1.807, 2.05) is 36.2 Å². The minimum Gasteiger partial charge on any atom is -0.373 e. The van der Waals surface area contributed by atoms with Gasteiger partial charge in [-0.25, -0.2) is 4.98 Å². The number of pyridine rings is 1. The molecule has 1 aromatic carbocycles. The Morgan fingerprint density at radius 3 is 2.68 bits per heavy atom. The predicted molar refractivity (Wildman–Crippen MR) is 90.6 cm³/mol. The van der Waals surface area contributed by atoms with Crippen molar-refractivity contribution in [2.24, 2.45) is 0 Å². The summed E-state index contributed by atoms with van der Waals surface area (Å²) in [6, 6.07) is 10.6. The average molecular weight is 367 g/mol. The summed E-state index contributed by atoms with van der Waals surface area (Å²) in [7, 11) is 1.93. The molecule has 0 saturated heterocycles. The monoisotopic (exact) mass is 367 g/mol. The molecule has 0 atom stereocenters. The Balaban J connectivity index is 1.89. The molecule has 3 rings (SSSR count). The van der Waals surface area contributed by atoms with E-state index in [1.54, 1.807) is 4.90 Å². The minimum absolute atomic E-state index is 0.0214. The third kappa shape index (κ3) is 4.07. The van der Waals surface area contributed by atoms with Crippen molar-refractivity contribution < 1.29 is 18.0 Å². The zero-order chi connectivity index (χ0) is 18.0. The Hall–Kier alpha value is -2.22. The lowest BCUT2D eigenvalue weighted by molar-refractivity contribution is -0.0329.